The third-order valence-corrected chi connectivity index (χ3v) is 3.26. The Labute approximate surface area is 104 Å². The highest BCUT2D eigenvalue weighted by molar-refractivity contribution is 7.90. The predicted octanol–water partition coefficient (Wildman–Crippen LogP) is 1.25. The zero-order chi connectivity index (χ0) is 13.2. The highest BCUT2D eigenvalue weighted by Gasteiger charge is 2.07. The number of benzene rings is 1. The molecular formula is C11H11N3O3S. The zero-order valence-electron chi connectivity index (χ0n) is 9.57. The first-order valence-corrected chi connectivity index (χ1v) is 6.91. The fourth-order valence-electron chi connectivity index (χ4n) is 1.26. The van der Waals surface area contributed by atoms with E-state index in [0.717, 1.165) is 6.26 Å². The first kappa shape index (κ1) is 12.3. The van der Waals surface area contributed by atoms with Crippen LogP contribution in [0.2, 0.25) is 0 Å². The van der Waals surface area contributed by atoms with Gasteiger partial charge in [0.05, 0.1) is 4.90 Å². The number of nitrogens with zero attached hydrogens (tertiary/aromatic N) is 2. The van der Waals surface area contributed by atoms with Gasteiger partial charge in [0, 0.05) is 12.3 Å². The number of hydrogen-bond acceptors (Lipinski definition) is 6. The summed E-state index contributed by atoms with van der Waals surface area (Å²) in [4.78, 5) is 0.234. The van der Waals surface area contributed by atoms with Crippen LogP contribution in [0.4, 0.5) is 5.82 Å². The Morgan fingerprint density at radius 2 is 1.72 bits per heavy atom. The summed E-state index contributed by atoms with van der Waals surface area (Å²) in [5, 5.41) is 7.37. The molecule has 94 valence electrons. The Morgan fingerprint density at radius 3 is 2.22 bits per heavy atom. The van der Waals surface area contributed by atoms with Crippen LogP contribution in [0, 0.1) is 0 Å². The minimum absolute atomic E-state index is 0.234. The van der Waals surface area contributed by atoms with E-state index in [2.05, 4.69) is 10.2 Å². The van der Waals surface area contributed by atoms with Crippen molar-refractivity contribution in [1.82, 2.24) is 10.2 Å². The minimum atomic E-state index is -3.20. The predicted molar refractivity (Wildman–Crippen MR) is 66.1 cm³/mol. The first-order chi connectivity index (χ1) is 8.45. The Balaban J connectivity index is 2.18. The van der Waals surface area contributed by atoms with Gasteiger partial charge in [0.1, 0.15) is 11.6 Å². The van der Waals surface area contributed by atoms with Gasteiger partial charge in [-0.25, -0.2) is 8.42 Å². The van der Waals surface area contributed by atoms with Crippen LogP contribution in [0.5, 0.6) is 11.6 Å². The molecule has 0 amide bonds. The fraction of sp³-hybridized carbons (Fsp3) is 0.0909. The standard InChI is InChI=1S/C11H11N3O3S/c1-18(15,16)9-4-2-8(3-5-9)17-11-7-6-10(12)13-14-11/h2-7H,1H3,(H2,12,13). The van der Waals surface area contributed by atoms with Crippen LogP contribution in [0.3, 0.4) is 0 Å². The molecule has 1 aromatic carbocycles. The molecule has 2 N–H and O–H groups in total. The molecule has 18 heavy (non-hydrogen) atoms. The zero-order valence-corrected chi connectivity index (χ0v) is 10.4. The molecule has 0 aliphatic rings. The summed E-state index contributed by atoms with van der Waals surface area (Å²) in [5.74, 6) is 1.06. The summed E-state index contributed by atoms with van der Waals surface area (Å²) >= 11 is 0. The van der Waals surface area contributed by atoms with E-state index in [-0.39, 0.29) is 10.8 Å². The average Bonchev–Trinajstić information content (AvgIpc) is 2.32. The third kappa shape index (κ3) is 2.95. The van der Waals surface area contributed by atoms with E-state index >= 15 is 0 Å². The van der Waals surface area contributed by atoms with E-state index in [1.807, 2.05) is 0 Å². The van der Waals surface area contributed by atoms with Crippen molar-refractivity contribution in [3.05, 3.63) is 36.4 Å². The van der Waals surface area contributed by atoms with E-state index in [1.54, 1.807) is 24.3 Å². The van der Waals surface area contributed by atoms with Crippen molar-refractivity contribution in [2.24, 2.45) is 0 Å². The molecule has 0 aliphatic heterocycles. The Bertz CT molecular complexity index is 636. The molecule has 0 saturated heterocycles. The summed E-state index contributed by atoms with van der Waals surface area (Å²) in [6.45, 7) is 0. The molecule has 0 radical (unpaired) electrons. The average molecular weight is 265 g/mol. The monoisotopic (exact) mass is 265 g/mol. The molecule has 0 fully saturated rings. The molecule has 0 atom stereocenters. The molecule has 2 rings (SSSR count). The molecule has 6 nitrogen and oxygen atoms in total. The van der Waals surface area contributed by atoms with E-state index in [0.29, 0.717) is 11.6 Å². The highest BCUT2D eigenvalue weighted by Crippen LogP contribution is 2.21. The van der Waals surface area contributed by atoms with Gasteiger partial charge in [-0.3, -0.25) is 0 Å². The lowest BCUT2D eigenvalue weighted by atomic mass is 10.3. The SMILES string of the molecule is CS(=O)(=O)c1ccc(Oc2ccc(N)nn2)cc1. The second-order valence-corrected chi connectivity index (χ2v) is 5.66. The van der Waals surface area contributed by atoms with Crippen molar-refractivity contribution in [3.63, 3.8) is 0 Å². The van der Waals surface area contributed by atoms with Gasteiger partial charge in [-0.15, -0.1) is 10.2 Å². The molecule has 0 aliphatic carbocycles. The van der Waals surface area contributed by atoms with E-state index in [1.165, 1.54) is 12.1 Å². The Morgan fingerprint density at radius 1 is 1.06 bits per heavy atom. The van der Waals surface area contributed by atoms with Gasteiger partial charge >= 0.3 is 0 Å². The van der Waals surface area contributed by atoms with Gasteiger partial charge in [-0.05, 0) is 30.3 Å². The van der Waals surface area contributed by atoms with Crippen LogP contribution in [0.1, 0.15) is 0 Å². The van der Waals surface area contributed by atoms with Crippen LogP contribution in [-0.4, -0.2) is 24.9 Å². The number of nitrogen functional groups attached to an aromatic ring is 1. The summed E-state index contributed by atoms with van der Waals surface area (Å²) in [5.41, 5.74) is 5.39. The molecule has 0 saturated carbocycles. The molecule has 0 unspecified atom stereocenters. The van der Waals surface area contributed by atoms with Gasteiger partial charge in [0.2, 0.25) is 5.88 Å². The van der Waals surface area contributed by atoms with Crippen LogP contribution in [0.15, 0.2) is 41.3 Å². The maximum atomic E-state index is 11.3. The number of sulfone groups is 1. The summed E-state index contributed by atoms with van der Waals surface area (Å²) in [6.07, 6.45) is 1.15. The van der Waals surface area contributed by atoms with Crippen molar-refractivity contribution >= 4 is 15.7 Å². The number of aromatic nitrogens is 2. The Kier molecular flexibility index (Phi) is 3.15. The lowest BCUT2D eigenvalue weighted by Gasteiger charge is -2.04. The van der Waals surface area contributed by atoms with E-state index in [9.17, 15) is 8.42 Å². The molecule has 0 spiro atoms. The summed E-state index contributed by atoms with van der Waals surface area (Å²) in [7, 11) is -3.20. The second kappa shape index (κ2) is 4.61. The summed E-state index contributed by atoms with van der Waals surface area (Å²) in [6, 6.07) is 9.17. The molecule has 2 aromatic rings. The fourth-order valence-corrected chi connectivity index (χ4v) is 1.89. The molecule has 1 aromatic heterocycles. The largest absolute Gasteiger partial charge is 0.438 e. The van der Waals surface area contributed by atoms with Crippen molar-refractivity contribution in [2.45, 2.75) is 4.90 Å². The Hall–Kier alpha value is -2.15. The number of hydrogen-bond donors (Lipinski definition) is 1. The molecular weight excluding hydrogens is 254 g/mol. The van der Waals surface area contributed by atoms with Gasteiger partial charge in [0.25, 0.3) is 0 Å². The highest BCUT2D eigenvalue weighted by atomic mass is 32.2. The van der Waals surface area contributed by atoms with Gasteiger partial charge in [0.15, 0.2) is 9.84 Å². The van der Waals surface area contributed by atoms with Crippen molar-refractivity contribution in [2.75, 3.05) is 12.0 Å². The smallest absolute Gasteiger partial charge is 0.238 e. The molecule has 0 bridgehead atoms. The van der Waals surface area contributed by atoms with Gasteiger partial charge in [-0.2, -0.15) is 0 Å². The van der Waals surface area contributed by atoms with Gasteiger partial charge in [-0.1, -0.05) is 0 Å². The van der Waals surface area contributed by atoms with Crippen LogP contribution < -0.4 is 10.5 Å². The number of ether oxygens (including phenoxy) is 1. The first-order valence-electron chi connectivity index (χ1n) is 5.02. The minimum Gasteiger partial charge on any atom is -0.438 e. The number of nitrogens with two attached hydrogens (primary N) is 1. The second-order valence-electron chi connectivity index (χ2n) is 3.64. The van der Waals surface area contributed by atoms with E-state index in [4.69, 9.17) is 10.5 Å². The lowest BCUT2D eigenvalue weighted by Crippen LogP contribution is -1.97. The maximum Gasteiger partial charge on any atom is 0.238 e. The molecule has 7 heteroatoms. The third-order valence-electron chi connectivity index (χ3n) is 2.14. The normalized spacial score (nSPS) is 11.2. The molecule has 1 heterocycles. The van der Waals surface area contributed by atoms with Crippen LogP contribution in [0.25, 0.3) is 0 Å². The van der Waals surface area contributed by atoms with Crippen molar-refractivity contribution in [1.29, 1.82) is 0 Å². The van der Waals surface area contributed by atoms with Crippen LogP contribution in [-0.2, 0) is 9.84 Å². The number of anilines is 1. The quantitative estimate of drug-likeness (QED) is 0.897. The van der Waals surface area contributed by atoms with Crippen LogP contribution >= 0.6 is 0 Å². The maximum absolute atomic E-state index is 11.3. The van der Waals surface area contributed by atoms with Crippen molar-refractivity contribution < 1.29 is 13.2 Å². The number of rotatable bonds is 3. The lowest BCUT2D eigenvalue weighted by molar-refractivity contribution is 0.455. The van der Waals surface area contributed by atoms with Gasteiger partial charge < -0.3 is 10.5 Å². The topological polar surface area (TPSA) is 95.2 Å². The van der Waals surface area contributed by atoms with Crippen molar-refractivity contribution in [3.8, 4) is 11.6 Å². The summed E-state index contributed by atoms with van der Waals surface area (Å²) < 4.78 is 27.9. The van der Waals surface area contributed by atoms with E-state index < -0.39 is 9.84 Å².